The lowest BCUT2D eigenvalue weighted by molar-refractivity contribution is 0.349. The SMILES string of the molecule is COc1cccc(CN[C@@H](C)c2ccco2)c1OC. The monoisotopic (exact) mass is 261 g/mol. The van der Waals surface area contributed by atoms with Gasteiger partial charge in [0, 0.05) is 12.1 Å². The van der Waals surface area contributed by atoms with Gasteiger partial charge in [0.15, 0.2) is 11.5 Å². The van der Waals surface area contributed by atoms with Crippen LogP contribution in [0.5, 0.6) is 11.5 Å². The van der Waals surface area contributed by atoms with Crippen LogP contribution in [0.4, 0.5) is 0 Å². The molecule has 0 saturated carbocycles. The zero-order chi connectivity index (χ0) is 13.7. The van der Waals surface area contributed by atoms with Gasteiger partial charge >= 0.3 is 0 Å². The molecule has 1 aromatic heterocycles. The molecule has 1 atom stereocenters. The summed E-state index contributed by atoms with van der Waals surface area (Å²) >= 11 is 0. The maximum absolute atomic E-state index is 5.40. The zero-order valence-corrected chi connectivity index (χ0v) is 11.5. The van der Waals surface area contributed by atoms with Gasteiger partial charge in [0.1, 0.15) is 5.76 Å². The van der Waals surface area contributed by atoms with Crippen molar-refractivity contribution in [2.24, 2.45) is 0 Å². The van der Waals surface area contributed by atoms with Gasteiger partial charge < -0.3 is 19.2 Å². The fourth-order valence-electron chi connectivity index (χ4n) is 1.99. The molecule has 4 nitrogen and oxygen atoms in total. The van der Waals surface area contributed by atoms with Gasteiger partial charge in [0.2, 0.25) is 0 Å². The van der Waals surface area contributed by atoms with E-state index in [1.165, 1.54) is 0 Å². The maximum atomic E-state index is 5.40. The minimum absolute atomic E-state index is 0.144. The molecule has 1 N–H and O–H groups in total. The number of methoxy groups -OCH3 is 2. The number of furan rings is 1. The number of hydrogen-bond donors (Lipinski definition) is 1. The highest BCUT2D eigenvalue weighted by molar-refractivity contribution is 5.46. The molecule has 0 radical (unpaired) electrons. The van der Waals surface area contributed by atoms with Gasteiger partial charge in [0.25, 0.3) is 0 Å². The molecule has 2 aromatic rings. The molecule has 0 aliphatic heterocycles. The molecule has 19 heavy (non-hydrogen) atoms. The first kappa shape index (κ1) is 13.5. The van der Waals surface area contributed by atoms with Crippen LogP contribution in [0, 0.1) is 0 Å². The van der Waals surface area contributed by atoms with Gasteiger partial charge in [-0.25, -0.2) is 0 Å². The largest absolute Gasteiger partial charge is 0.493 e. The van der Waals surface area contributed by atoms with Crippen molar-refractivity contribution in [1.29, 1.82) is 0 Å². The van der Waals surface area contributed by atoms with Gasteiger partial charge in [-0.2, -0.15) is 0 Å². The fourth-order valence-corrected chi connectivity index (χ4v) is 1.99. The van der Waals surface area contributed by atoms with E-state index in [1.54, 1.807) is 20.5 Å². The van der Waals surface area contributed by atoms with Gasteiger partial charge in [-0.05, 0) is 25.1 Å². The Kier molecular flexibility index (Phi) is 4.47. The predicted molar refractivity (Wildman–Crippen MR) is 73.5 cm³/mol. The van der Waals surface area contributed by atoms with Crippen molar-refractivity contribution in [2.75, 3.05) is 14.2 Å². The van der Waals surface area contributed by atoms with Crippen molar-refractivity contribution in [3.63, 3.8) is 0 Å². The molecule has 0 saturated heterocycles. The highest BCUT2D eigenvalue weighted by Gasteiger charge is 2.12. The number of ether oxygens (including phenoxy) is 2. The molecule has 1 heterocycles. The van der Waals surface area contributed by atoms with E-state index < -0.39 is 0 Å². The summed E-state index contributed by atoms with van der Waals surface area (Å²) in [4.78, 5) is 0. The van der Waals surface area contributed by atoms with Gasteiger partial charge in [-0.15, -0.1) is 0 Å². The van der Waals surface area contributed by atoms with Crippen LogP contribution in [0.25, 0.3) is 0 Å². The summed E-state index contributed by atoms with van der Waals surface area (Å²) in [5.74, 6) is 2.43. The minimum Gasteiger partial charge on any atom is -0.493 e. The third-order valence-electron chi connectivity index (χ3n) is 3.05. The van der Waals surface area contributed by atoms with E-state index in [1.807, 2.05) is 30.3 Å². The summed E-state index contributed by atoms with van der Waals surface area (Å²) in [6.45, 7) is 2.74. The summed E-state index contributed by atoms with van der Waals surface area (Å²) in [7, 11) is 3.29. The second-order valence-electron chi connectivity index (χ2n) is 4.27. The molecule has 0 fully saturated rings. The third-order valence-corrected chi connectivity index (χ3v) is 3.05. The predicted octanol–water partition coefficient (Wildman–Crippen LogP) is 3.15. The normalized spacial score (nSPS) is 12.2. The summed E-state index contributed by atoms with van der Waals surface area (Å²) < 4.78 is 16.1. The van der Waals surface area contributed by atoms with E-state index >= 15 is 0 Å². The van der Waals surface area contributed by atoms with Gasteiger partial charge in [-0.3, -0.25) is 0 Å². The molecular weight excluding hydrogens is 242 g/mol. The highest BCUT2D eigenvalue weighted by atomic mass is 16.5. The molecule has 0 aliphatic rings. The van der Waals surface area contributed by atoms with Crippen LogP contribution in [0.1, 0.15) is 24.3 Å². The third kappa shape index (κ3) is 3.09. The van der Waals surface area contributed by atoms with Crippen LogP contribution in [-0.2, 0) is 6.54 Å². The van der Waals surface area contributed by atoms with Crippen molar-refractivity contribution >= 4 is 0 Å². The molecule has 0 amide bonds. The molecule has 4 heteroatoms. The average molecular weight is 261 g/mol. The van der Waals surface area contributed by atoms with Crippen molar-refractivity contribution < 1.29 is 13.9 Å². The van der Waals surface area contributed by atoms with E-state index in [-0.39, 0.29) is 6.04 Å². The van der Waals surface area contributed by atoms with E-state index in [2.05, 4.69) is 12.2 Å². The van der Waals surface area contributed by atoms with Crippen molar-refractivity contribution in [3.8, 4) is 11.5 Å². The first-order valence-corrected chi connectivity index (χ1v) is 6.23. The fraction of sp³-hybridized carbons (Fsp3) is 0.333. The standard InChI is InChI=1S/C15H19NO3/c1-11(13-8-5-9-19-13)16-10-12-6-4-7-14(17-2)15(12)18-3/h4-9,11,16H,10H2,1-3H3/t11-/m0/s1. The lowest BCUT2D eigenvalue weighted by Crippen LogP contribution is -2.18. The van der Waals surface area contributed by atoms with Gasteiger partial charge in [-0.1, -0.05) is 12.1 Å². The molecule has 2 rings (SSSR count). The average Bonchev–Trinajstić information content (AvgIpc) is 2.98. The van der Waals surface area contributed by atoms with Crippen molar-refractivity contribution in [1.82, 2.24) is 5.32 Å². The molecular formula is C15H19NO3. The van der Waals surface area contributed by atoms with E-state index in [4.69, 9.17) is 13.9 Å². The number of nitrogens with one attached hydrogen (secondary N) is 1. The number of rotatable bonds is 6. The minimum atomic E-state index is 0.144. The molecule has 0 unspecified atom stereocenters. The topological polar surface area (TPSA) is 43.6 Å². The lowest BCUT2D eigenvalue weighted by Gasteiger charge is -2.15. The van der Waals surface area contributed by atoms with Crippen LogP contribution in [0.3, 0.4) is 0 Å². The van der Waals surface area contributed by atoms with Crippen molar-refractivity contribution in [2.45, 2.75) is 19.5 Å². The Morgan fingerprint density at radius 1 is 1.16 bits per heavy atom. The Labute approximate surface area is 113 Å². The van der Waals surface area contributed by atoms with Crippen LogP contribution in [0.15, 0.2) is 41.0 Å². The highest BCUT2D eigenvalue weighted by Crippen LogP contribution is 2.30. The van der Waals surface area contributed by atoms with E-state index in [9.17, 15) is 0 Å². The quantitative estimate of drug-likeness (QED) is 0.867. The second kappa shape index (κ2) is 6.29. The molecule has 1 aromatic carbocycles. The molecule has 102 valence electrons. The molecule has 0 spiro atoms. The number of hydrogen-bond acceptors (Lipinski definition) is 4. The Bertz CT molecular complexity index is 508. The number of para-hydroxylation sites is 1. The van der Waals surface area contributed by atoms with Crippen LogP contribution in [-0.4, -0.2) is 14.2 Å². The smallest absolute Gasteiger partial charge is 0.165 e. The Balaban J connectivity index is 2.07. The molecule has 0 bridgehead atoms. The number of benzene rings is 1. The first-order chi connectivity index (χ1) is 9.26. The summed E-state index contributed by atoms with van der Waals surface area (Å²) in [6, 6.07) is 9.85. The molecule has 0 aliphatic carbocycles. The van der Waals surface area contributed by atoms with Crippen LogP contribution in [0.2, 0.25) is 0 Å². The maximum Gasteiger partial charge on any atom is 0.165 e. The van der Waals surface area contributed by atoms with Crippen LogP contribution < -0.4 is 14.8 Å². The first-order valence-electron chi connectivity index (χ1n) is 6.23. The van der Waals surface area contributed by atoms with Crippen LogP contribution >= 0.6 is 0 Å². The summed E-state index contributed by atoms with van der Waals surface area (Å²) in [6.07, 6.45) is 1.68. The summed E-state index contributed by atoms with van der Waals surface area (Å²) in [5.41, 5.74) is 1.06. The summed E-state index contributed by atoms with van der Waals surface area (Å²) in [5, 5.41) is 3.40. The zero-order valence-electron chi connectivity index (χ0n) is 11.5. The van der Waals surface area contributed by atoms with E-state index in [0.29, 0.717) is 6.54 Å². The van der Waals surface area contributed by atoms with Crippen molar-refractivity contribution in [3.05, 3.63) is 47.9 Å². The van der Waals surface area contributed by atoms with Gasteiger partial charge in [0.05, 0.1) is 26.5 Å². The Hall–Kier alpha value is -1.94. The van der Waals surface area contributed by atoms with E-state index in [0.717, 1.165) is 22.8 Å². The Morgan fingerprint density at radius 2 is 2.00 bits per heavy atom. The lowest BCUT2D eigenvalue weighted by atomic mass is 10.1. The second-order valence-corrected chi connectivity index (χ2v) is 4.27. The Morgan fingerprint density at radius 3 is 2.63 bits per heavy atom.